The number of hydrogen-bond donors (Lipinski definition) is 0. The molecule has 0 heterocycles. The van der Waals surface area contributed by atoms with Gasteiger partial charge in [0, 0.05) is 10.9 Å². The highest BCUT2D eigenvalue weighted by molar-refractivity contribution is 9.10. The van der Waals surface area contributed by atoms with E-state index in [1.165, 1.54) is 0 Å². The normalized spacial score (nSPS) is 19.1. The van der Waals surface area contributed by atoms with Crippen LogP contribution in [-0.4, -0.2) is 5.78 Å². The molecule has 2 rings (SSSR count). The van der Waals surface area contributed by atoms with Crippen molar-refractivity contribution in [3.8, 4) is 0 Å². The molecule has 0 atom stereocenters. The van der Waals surface area contributed by atoms with E-state index in [0.717, 1.165) is 22.0 Å². The lowest BCUT2D eigenvalue weighted by molar-refractivity contribution is -0.116. The molecule has 0 aromatic heterocycles. The van der Waals surface area contributed by atoms with E-state index in [-0.39, 0.29) is 11.2 Å². The van der Waals surface area contributed by atoms with E-state index in [1.54, 1.807) is 6.08 Å². The number of hydrogen-bond acceptors (Lipinski definition) is 1. The minimum Gasteiger partial charge on any atom is -0.295 e. The van der Waals surface area contributed by atoms with E-state index in [2.05, 4.69) is 54.1 Å². The number of halogens is 1. The summed E-state index contributed by atoms with van der Waals surface area (Å²) in [5.74, 6) is 0.238. The molecule has 0 fully saturated rings. The predicted molar refractivity (Wildman–Crippen MR) is 79.3 cm³/mol. The quantitative estimate of drug-likeness (QED) is 0.768. The first-order chi connectivity index (χ1) is 8.44. The van der Waals surface area contributed by atoms with Crippen LogP contribution >= 0.6 is 15.9 Å². The van der Waals surface area contributed by atoms with Crippen molar-refractivity contribution in [2.24, 2.45) is 5.41 Å². The molecule has 0 amide bonds. The summed E-state index contributed by atoms with van der Waals surface area (Å²) in [6.45, 7) is 4.29. The summed E-state index contributed by atoms with van der Waals surface area (Å²) in [4.78, 5) is 11.6. The molecule has 1 nitrogen and oxygen atoms in total. The van der Waals surface area contributed by atoms with Gasteiger partial charge in [-0.1, -0.05) is 54.1 Å². The fraction of sp³-hybridized carbons (Fsp3) is 0.312. The number of carbonyl (C=O) groups is 1. The molecule has 0 saturated heterocycles. The lowest BCUT2D eigenvalue weighted by atomic mass is 9.77. The SMILES string of the molecule is CC1(C)CC(=O)C=C(/C=C\c2ccc(Br)cc2)C1. The Morgan fingerprint density at radius 3 is 2.39 bits per heavy atom. The summed E-state index contributed by atoms with van der Waals surface area (Å²) in [5, 5.41) is 0. The van der Waals surface area contributed by atoms with Crippen LogP contribution in [0.3, 0.4) is 0 Å². The van der Waals surface area contributed by atoms with Crippen LogP contribution in [0.2, 0.25) is 0 Å². The van der Waals surface area contributed by atoms with Crippen molar-refractivity contribution in [2.45, 2.75) is 26.7 Å². The Morgan fingerprint density at radius 2 is 1.78 bits per heavy atom. The van der Waals surface area contributed by atoms with Gasteiger partial charge in [0.05, 0.1) is 0 Å². The molecule has 1 aliphatic carbocycles. The van der Waals surface area contributed by atoms with Gasteiger partial charge in [0.25, 0.3) is 0 Å². The lowest BCUT2D eigenvalue weighted by Crippen LogP contribution is -2.21. The summed E-state index contributed by atoms with van der Waals surface area (Å²) in [5.41, 5.74) is 2.36. The Morgan fingerprint density at radius 1 is 1.11 bits per heavy atom. The molecular formula is C16H17BrO. The van der Waals surface area contributed by atoms with Gasteiger partial charge >= 0.3 is 0 Å². The zero-order chi connectivity index (χ0) is 13.2. The zero-order valence-electron chi connectivity index (χ0n) is 10.7. The van der Waals surface area contributed by atoms with E-state index < -0.39 is 0 Å². The maximum atomic E-state index is 11.6. The highest BCUT2D eigenvalue weighted by Gasteiger charge is 2.26. The maximum absolute atomic E-state index is 11.6. The first-order valence-electron chi connectivity index (χ1n) is 6.12. The first-order valence-corrected chi connectivity index (χ1v) is 6.91. The topological polar surface area (TPSA) is 17.1 Å². The van der Waals surface area contributed by atoms with E-state index >= 15 is 0 Å². The third-order valence-electron chi connectivity index (χ3n) is 3.04. The third kappa shape index (κ3) is 3.67. The maximum Gasteiger partial charge on any atom is 0.156 e. The van der Waals surface area contributed by atoms with Gasteiger partial charge in [-0.3, -0.25) is 4.79 Å². The second kappa shape index (κ2) is 5.23. The Hall–Kier alpha value is -1.15. The van der Waals surface area contributed by atoms with Crippen LogP contribution in [0.1, 0.15) is 32.3 Å². The molecule has 1 aromatic carbocycles. The monoisotopic (exact) mass is 304 g/mol. The van der Waals surface area contributed by atoms with Gasteiger partial charge in [-0.2, -0.15) is 0 Å². The van der Waals surface area contributed by atoms with Crippen molar-refractivity contribution in [1.82, 2.24) is 0 Å². The molecule has 0 radical (unpaired) electrons. The van der Waals surface area contributed by atoms with Crippen molar-refractivity contribution in [3.05, 3.63) is 52.0 Å². The van der Waals surface area contributed by atoms with E-state index in [1.807, 2.05) is 12.1 Å². The molecule has 0 aliphatic heterocycles. The van der Waals surface area contributed by atoms with Crippen LogP contribution in [-0.2, 0) is 4.79 Å². The van der Waals surface area contributed by atoms with Gasteiger partial charge in [0.2, 0.25) is 0 Å². The van der Waals surface area contributed by atoms with Gasteiger partial charge in [0.1, 0.15) is 0 Å². The Balaban J connectivity index is 2.14. The van der Waals surface area contributed by atoms with Crippen LogP contribution in [0.25, 0.3) is 6.08 Å². The average Bonchev–Trinajstić information content (AvgIpc) is 2.25. The zero-order valence-corrected chi connectivity index (χ0v) is 12.3. The second-order valence-corrected chi connectivity index (χ2v) is 6.50. The molecule has 0 N–H and O–H groups in total. The summed E-state index contributed by atoms with van der Waals surface area (Å²) in [7, 11) is 0. The van der Waals surface area contributed by atoms with Gasteiger partial charge < -0.3 is 0 Å². The molecule has 18 heavy (non-hydrogen) atoms. The van der Waals surface area contributed by atoms with Crippen molar-refractivity contribution in [3.63, 3.8) is 0 Å². The van der Waals surface area contributed by atoms with Crippen LogP contribution < -0.4 is 0 Å². The Labute approximate surface area is 117 Å². The summed E-state index contributed by atoms with van der Waals surface area (Å²) >= 11 is 3.42. The number of benzene rings is 1. The molecule has 1 aliphatic rings. The van der Waals surface area contributed by atoms with Crippen LogP contribution in [0, 0.1) is 5.41 Å². The van der Waals surface area contributed by atoms with Crippen LogP contribution in [0.5, 0.6) is 0 Å². The highest BCUT2D eigenvalue weighted by atomic mass is 79.9. The average molecular weight is 305 g/mol. The Kier molecular flexibility index (Phi) is 3.86. The standard InChI is InChI=1S/C16H17BrO/c1-16(2)10-13(9-15(18)11-16)4-3-12-5-7-14(17)8-6-12/h3-9H,10-11H2,1-2H3/b4-3-. The van der Waals surface area contributed by atoms with Crippen molar-refractivity contribution >= 4 is 27.8 Å². The van der Waals surface area contributed by atoms with Gasteiger partial charge in [0.15, 0.2) is 5.78 Å². The highest BCUT2D eigenvalue weighted by Crippen LogP contribution is 2.34. The number of rotatable bonds is 2. The molecule has 0 unspecified atom stereocenters. The second-order valence-electron chi connectivity index (χ2n) is 5.59. The minimum absolute atomic E-state index is 0.0885. The van der Waals surface area contributed by atoms with Crippen molar-refractivity contribution in [2.75, 3.05) is 0 Å². The molecular weight excluding hydrogens is 288 g/mol. The fourth-order valence-electron chi connectivity index (χ4n) is 2.28. The lowest BCUT2D eigenvalue weighted by Gasteiger charge is -2.27. The van der Waals surface area contributed by atoms with Gasteiger partial charge in [-0.15, -0.1) is 0 Å². The summed E-state index contributed by atoms with van der Waals surface area (Å²) in [6.07, 6.45) is 7.52. The predicted octanol–water partition coefficient (Wildman–Crippen LogP) is 4.78. The van der Waals surface area contributed by atoms with Gasteiger partial charge in [-0.05, 0) is 41.2 Å². The van der Waals surface area contributed by atoms with E-state index in [0.29, 0.717) is 6.42 Å². The first kappa shape index (κ1) is 13.3. The Bertz CT molecular complexity index is 506. The summed E-state index contributed by atoms with van der Waals surface area (Å²) in [6, 6.07) is 8.14. The number of ketones is 1. The van der Waals surface area contributed by atoms with Crippen molar-refractivity contribution < 1.29 is 4.79 Å². The largest absolute Gasteiger partial charge is 0.295 e. The number of allylic oxidation sites excluding steroid dienone is 3. The molecule has 94 valence electrons. The van der Waals surface area contributed by atoms with E-state index in [9.17, 15) is 4.79 Å². The molecule has 0 bridgehead atoms. The molecule has 1 aromatic rings. The van der Waals surface area contributed by atoms with Crippen molar-refractivity contribution in [1.29, 1.82) is 0 Å². The van der Waals surface area contributed by atoms with Crippen LogP contribution in [0.4, 0.5) is 0 Å². The molecule has 0 spiro atoms. The molecule has 2 heteroatoms. The number of carbonyl (C=O) groups excluding carboxylic acids is 1. The molecule has 0 saturated carbocycles. The smallest absolute Gasteiger partial charge is 0.156 e. The van der Waals surface area contributed by atoms with Crippen LogP contribution in [0.15, 0.2) is 46.5 Å². The minimum atomic E-state index is 0.0885. The fourth-order valence-corrected chi connectivity index (χ4v) is 2.54. The van der Waals surface area contributed by atoms with E-state index in [4.69, 9.17) is 0 Å². The van der Waals surface area contributed by atoms with Gasteiger partial charge in [-0.25, -0.2) is 0 Å². The summed E-state index contributed by atoms with van der Waals surface area (Å²) < 4.78 is 1.08. The third-order valence-corrected chi connectivity index (χ3v) is 3.57.